The van der Waals surface area contributed by atoms with Crippen LogP contribution in [0.5, 0.6) is 0 Å². The number of aliphatic hydroxyl groups is 1. The fourth-order valence-corrected chi connectivity index (χ4v) is 1.11. The molecule has 0 atom stereocenters. The van der Waals surface area contributed by atoms with Crippen molar-refractivity contribution in [3.63, 3.8) is 0 Å². The molecule has 0 amide bonds. The smallest absolute Gasteiger partial charge is 0.224 e. The molecule has 3 N–H and O–H groups in total. The number of hydrogen-bond donors (Lipinski definition) is 3. The number of anilines is 2. The number of nitrogens with zero attached hydrogens (tertiary/aromatic N) is 2. The molecule has 0 fully saturated rings. The van der Waals surface area contributed by atoms with Crippen LogP contribution in [0.2, 0.25) is 0 Å². The Bertz CT molecular complexity index is 365. The van der Waals surface area contributed by atoms with E-state index in [2.05, 4.69) is 20.6 Å². The molecule has 1 aromatic heterocycles. The molecule has 1 heterocycles. The van der Waals surface area contributed by atoms with Crippen LogP contribution in [-0.4, -0.2) is 33.8 Å². The second-order valence-electron chi connectivity index (χ2n) is 4.48. The zero-order valence-corrected chi connectivity index (χ0v) is 10.4. The lowest BCUT2D eigenvalue weighted by Gasteiger charge is -2.18. The highest BCUT2D eigenvalue weighted by Gasteiger charge is 2.14. The van der Waals surface area contributed by atoms with Gasteiger partial charge >= 0.3 is 0 Å². The van der Waals surface area contributed by atoms with Gasteiger partial charge in [0.1, 0.15) is 0 Å². The van der Waals surface area contributed by atoms with Crippen molar-refractivity contribution in [1.29, 1.82) is 0 Å². The van der Waals surface area contributed by atoms with E-state index in [1.807, 2.05) is 6.92 Å². The van der Waals surface area contributed by atoms with Gasteiger partial charge in [0.05, 0.1) is 11.8 Å². The van der Waals surface area contributed by atoms with Crippen LogP contribution < -0.4 is 10.6 Å². The highest BCUT2D eigenvalue weighted by atomic mass is 19.1. The van der Waals surface area contributed by atoms with Crippen molar-refractivity contribution in [2.75, 3.05) is 23.7 Å². The molecular weight excluding hydrogens is 223 g/mol. The average molecular weight is 242 g/mol. The Kier molecular flexibility index (Phi) is 4.62. The molecule has 0 unspecified atom stereocenters. The first-order valence-electron chi connectivity index (χ1n) is 5.65. The molecule has 17 heavy (non-hydrogen) atoms. The van der Waals surface area contributed by atoms with E-state index < -0.39 is 11.4 Å². The molecule has 0 bridgehead atoms. The summed E-state index contributed by atoms with van der Waals surface area (Å²) in [6, 6.07) is 0. The third kappa shape index (κ3) is 4.95. The lowest BCUT2D eigenvalue weighted by molar-refractivity contribution is 0.0943. The van der Waals surface area contributed by atoms with Crippen LogP contribution in [0.15, 0.2) is 6.20 Å². The Balaban J connectivity index is 2.69. The van der Waals surface area contributed by atoms with Gasteiger partial charge in [-0.25, -0.2) is 9.37 Å². The summed E-state index contributed by atoms with van der Waals surface area (Å²) >= 11 is 0. The van der Waals surface area contributed by atoms with Crippen molar-refractivity contribution in [1.82, 2.24) is 9.97 Å². The number of aromatic nitrogens is 2. The van der Waals surface area contributed by atoms with Gasteiger partial charge in [0.2, 0.25) is 5.95 Å². The molecule has 0 saturated heterocycles. The van der Waals surface area contributed by atoms with Crippen LogP contribution in [0.4, 0.5) is 16.2 Å². The lowest BCUT2D eigenvalue weighted by Crippen LogP contribution is -2.30. The van der Waals surface area contributed by atoms with Crippen LogP contribution in [0.1, 0.15) is 27.2 Å². The molecule has 0 spiro atoms. The molecule has 0 aromatic carbocycles. The molecular formula is C11H19FN4O. The lowest BCUT2D eigenvalue weighted by atomic mass is 10.1. The van der Waals surface area contributed by atoms with Crippen molar-refractivity contribution in [3.8, 4) is 0 Å². The summed E-state index contributed by atoms with van der Waals surface area (Å²) in [5.41, 5.74) is -0.922. The molecule has 0 aliphatic carbocycles. The standard InChI is InChI=1S/C11H19FN4O/c1-4-5-13-10-14-6-8(12)9(16-10)15-7-11(2,3)17/h6,17H,4-5,7H2,1-3H3,(H2,13,14,15,16). The molecule has 1 aromatic rings. The van der Waals surface area contributed by atoms with E-state index in [-0.39, 0.29) is 12.4 Å². The van der Waals surface area contributed by atoms with Gasteiger partial charge in [-0.1, -0.05) is 6.92 Å². The number of halogens is 1. The van der Waals surface area contributed by atoms with Crippen LogP contribution in [-0.2, 0) is 0 Å². The van der Waals surface area contributed by atoms with E-state index in [9.17, 15) is 9.50 Å². The van der Waals surface area contributed by atoms with Crippen LogP contribution in [0.25, 0.3) is 0 Å². The average Bonchev–Trinajstić information content (AvgIpc) is 2.25. The van der Waals surface area contributed by atoms with E-state index in [0.717, 1.165) is 19.2 Å². The van der Waals surface area contributed by atoms with Crippen molar-refractivity contribution in [3.05, 3.63) is 12.0 Å². The SMILES string of the molecule is CCCNc1ncc(F)c(NCC(C)(C)O)n1. The van der Waals surface area contributed by atoms with Crippen LogP contribution in [0, 0.1) is 5.82 Å². The minimum absolute atomic E-state index is 0.0979. The van der Waals surface area contributed by atoms with E-state index in [4.69, 9.17) is 0 Å². The van der Waals surface area contributed by atoms with Gasteiger partial charge in [0.25, 0.3) is 0 Å². The maximum atomic E-state index is 13.4. The van der Waals surface area contributed by atoms with Gasteiger partial charge in [-0.2, -0.15) is 4.98 Å². The summed E-state index contributed by atoms with van der Waals surface area (Å²) in [4.78, 5) is 7.81. The predicted molar refractivity (Wildman–Crippen MR) is 65.6 cm³/mol. The van der Waals surface area contributed by atoms with Crippen molar-refractivity contribution in [2.24, 2.45) is 0 Å². The second kappa shape index (κ2) is 5.77. The predicted octanol–water partition coefficient (Wildman–Crippen LogP) is 1.62. The molecule has 6 heteroatoms. The van der Waals surface area contributed by atoms with Gasteiger partial charge in [-0.05, 0) is 20.3 Å². The first-order chi connectivity index (χ1) is 7.92. The van der Waals surface area contributed by atoms with Gasteiger partial charge in [0.15, 0.2) is 11.6 Å². The molecule has 0 saturated carbocycles. The fraction of sp³-hybridized carbons (Fsp3) is 0.636. The van der Waals surface area contributed by atoms with Crippen molar-refractivity contribution >= 4 is 11.8 Å². The quantitative estimate of drug-likeness (QED) is 0.707. The Morgan fingerprint density at radius 1 is 1.41 bits per heavy atom. The molecule has 0 radical (unpaired) electrons. The topological polar surface area (TPSA) is 70.1 Å². The fourth-order valence-electron chi connectivity index (χ4n) is 1.11. The maximum absolute atomic E-state index is 13.4. The summed E-state index contributed by atoms with van der Waals surface area (Å²) < 4.78 is 13.4. The van der Waals surface area contributed by atoms with Crippen LogP contribution >= 0.6 is 0 Å². The third-order valence-corrected chi connectivity index (χ3v) is 1.97. The molecule has 96 valence electrons. The van der Waals surface area contributed by atoms with E-state index in [1.165, 1.54) is 0 Å². The van der Waals surface area contributed by atoms with Crippen molar-refractivity contribution < 1.29 is 9.50 Å². The highest BCUT2D eigenvalue weighted by Crippen LogP contribution is 2.13. The summed E-state index contributed by atoms with van der Waals surface area (Å²) in [5.74, 6) is -0.0523. The molecule has 1 rings (SSSR count). The summed E-state index contributed by atoms with van der Waals surface area (Å²) in [7, 11) is 0. The van der Waals surface area contributed by atoms with Gasteiger partial charge in [-0.15, -0.1) is 0 Å². The zero-order chi connectivity index (χ0) is 12.9. The van der Waals surface area contributed by atoms with Crippen LogP contribution in [0.3, 0.4) is 0 Å². The van der Waals surface area contributed by atoms with Crippen molar-refractivity contribution in [2.45, 2.75) is 32.8 Å². The normalized spacial score (nSPS) is 11.4. The second-order valence-corrected chi connectivity index (χ2v) is 4.48. The summed E-state index contributed by atoms with van der Waals surface area (Å²) in [6.45, 7) is 6.24. The Morgan fingerprint density at radius 3 is 2.71 bits per heavy atom. The number of nitrogens with one attached hydrogen (secondary N) is 2. The third-order valence-electron chi connectivity index (χ3n) is 1.97. The summed E-state index contributed by atoms with van der Waals surface area (Å²) in [5, 5.41) is 15.3. The van der Waals surface area contributed by atoms with Gasteiger partial charge in [0, 0.05) is 13.1 Å². The van der Waals surface area contributed by atoms with Gasteiger partial charge in [-0.3, -0.25) is 0 Å². The molecule has 0 aliphatic heterocycles. The summed E-state index contributed by atoms with van der Waals surface area (Å²) in [6.07, 6.45) is 2.05. The number of hydrogen-bond acceptors (Lipinski definition) is 5. The minimum atomic E-state index is -0.922. The molecule has 0 aliphatic rings. The first-order valence-corrected chi connectivity index (χ1v) is 5.65. The maximum Gasteiger partial charge on any atom is 0.224 e. The van der Waals surface area contributed by atoms with E-state index in [1.54, 1.807) is 13.8 Å². The Labute approximate surface area is 100 Å². The van der Waals surface area contributed by atoms with E-state index >= 15 is 0 Å². The van der Waals surface area contributed by atoms with E-state index in [0.29, 0.717) is 5.95 Å². The Morgan fingerprint density at radius 2 is 2.12 bits per heavy atom. The van der Waals surface area contributed by atoms with Gasteiger partial charge < -0.3 is 15.7 Å². The number of rotatable bonds is 6. The highest BCUT2D eigenvalue weighted by molar-refractivity contribution is 5.41. The largest absolute Gasteiger partial charge is 0.389 e. The Hall–Kier alpha value is -1.43. The first kappa shape index (κ1) is 13.6. The zero-order valence-electron chi connectivity index (χ0n) is 10.4. The molecule has 5 nitrogen and oxygen atoms in total. The monoisotopic (exact) mass is 242 g/mol. The minimum Gasteiger partial charge on any atom is -0.389 e.